The molecule has 0 aromatic carbocycles. The van der Waals surface area contributed by atoms with Crippen LogP contribution < -0.4 is 5.32 Å². The molecule has 0 aliphatic heterocycles. The van der Waals surface area contributed by atoms with Gasteiger partial charge in [-0.25, -0.2) is 0 Å². The van der Waals surface area contributed by atoms with E-state index in [1.807, 2.05) is 12.3 Å². The fourth-order valence-corrected chi connectivity index (χ4v) is 2.54. The highest BCUT2D eigenvalue weighted by atomic mass is 32.1. The van der Waals surface area contributed by atoms with Gasteiger partial charge >= 0.3 is 0 Å². The maximum absolute atomic E-state index is 11.7. The third-order valence-corrected chi connectivity index (χ3v) is 3.41. The van der Waals surface area contributed by atoms with Gasteiger partial charge in [-0.2, -0.15) is 4.37 Å². The largest absolute Gasteiger partial charge is 0.349 e. The fourth-order valence-electron chi connectivity index (χ4n) is 1.84. The average molecular weight is 210 g/mol. The lowest BCUT2D eigenvalue weighted by molar-refractivity contribution is 0.0937. The van der Waals surface area contributed by atoms with Crippen molar-refractivity contribution in [3.8, 4) is 0 Å². The zero-order valence-corrected chi connectivity index (χ0v) is 9.06. The standard InChI is InChI=1S/C10H14N2OS/c1-7-9(6-14-12-7)10(13)11-8-4-2-3-5-8/h6,8H,2-5H2,1H3,(H,11,13). The van der Waals surface area contributed by atoms with E-state index in [-0.39, 0.29) is 5.91 Å². The van der Waals surface area contributed by atoms with Crippen LogP contribution in [-0.4, -0.2) is 16.3 Å². The lowest BCUT2D eigenvalue weighted by Gasteiger charge is -2.10. The summed E-state index contributed by atoms with van der Waals surface area (Å²) in [6.45, 7) is 1.88. The minimum Gasteiger partial charge on any atom is -0.349 e. The van der Waals surface area contributed by atoms with Crippen molar-refractivity contribution in [2.45, 2.75) is 38.6 Å². The van der Waals surface area contributed by atoms with Crippen LogP contribution in [0.25, 0.3) is 0 Å². The SMILES string of the molecule is Cc1nscc1C(=O)NC1CCCC1. The van der Waals surface area contributed by atoms with Gasteiger partial charge < -0.3 is 5.32 Å². The molecule has 0 radical (unpaired) electrons. The van der Waals surface area contributed by atoms with Gasteiger partial charge in [0.15, 0.2) is 0 Å². The first-order chi connectivity index (χ1) is 6.77. The number of aryl methyl sites for hydroxylation is 1. The van der Waals surface area contributed by atoms with Gasteiger partial charge in [0.1, 0.15) is 0 Å². The number of rotatable bonds is 2. The smallest absolute Gasteiger partial charge is 0.254 e. The Morgan fingerprint density at radius 1 is 1.57 bits per heavy atom. The van der Waals surface area contributed by atoms with Crippen LogP contribution in [0.3, 0.4) is 0 Å². The van der Waals surface area contributed by atoms with Gasteiger partial charge in [0, 0.05) is 11.4 Å². The number of hydrogen-bond donors (Lipinski definition) is 1. The molecule has 0 atom stereocenters. The summed E-state index contributed by atoms with van der Waals surface area (Å²) in [5, 5.41) is 4.87. The Kier molecular flexibility index (Phi) is 2.82. The van der Waals surface area contributed by atoms with Crippen molar-refractivity contribution in [3.05, 3.63) is 16.6 Å². The Balaban J connectivity index is 1.98. The monoisotopic (exact) mass is 210 g/mol. The Bertz CT molecular complexity index is 329. The summed E-state index contributed by atoms with van der Waals surface area (Å²) >= 11 is 1.34. The number of carbonyl (C=O) groups excluding carboxylic acids is 1. The Hall–Kier alpha value is -0.900. The van der Waals surface area contributed by atoms with Crippen molar-refractivity contribution in [2.75, 3.05) is 0 Å². The Morgan fingerprint density at radius 3 is 2.86 bits per heavy atom. The van der Waals surface area contributed by atoms with Gasteiger partial charge in [0.2, 0.25) is 0 Å². The molecule has 1 amide bonds. The van der Waals surface area contributed by atoms with Crippen LogP contribution in [0.5, 0.6) is 0 Å². The molecule has 1 heterocycles. The van der Waals surface area contributed by atoms with E-state index >= 15 is 0 Å². The second kappa shape index (κ2) is 4.09. The van der Waals surface area contributed by atoms with Gasteiger partial charge in [0.25, 0.3) is 5.91 Å². The molecule has 76 valence electrons. The van der Waals surface area contributed by atoms with Gasteiger partial charge in [-0.1, -0.05) is 12.8 Å². The molecule has 1 aromatic heterocycles. The molecule has 4 heteroatoms. The predicted octanol–water partition coefficient (Wildman–Crippen LogP) is 2.12. The summed E-state index contributed by atoms with van der Waals surface area (Å²) in [5.41, 5.74) is 1.58. The van der Waals surface area contributed by atoms with Crippen LogP contribution in [0.2, 0.25) is 0 Å². The van der Waals surface area contributed by atoms with Crippen molar-refractivity contribution >= 4 is 17.4 Å². The molecule has 1 fully saturated rings. The molecule has 3 nitrogen and oxygen atoms in total. The van der Waals surface area contributed by atoms with Crippen LogP contribution in [0.15, 0.2) is 5.38 Å². The summed E-state index contributed by atoms with van der Waals surface area (Å²) in [5.74, 6) is 0.0446. The number of amides is 1. The summed E-state index contributed by atoms with van der Waals surface area (Å²) < 4.78 is 4.09. The minimum atomic E-state index is 0.0446. The van der Waals surface area contributed by atoms with E-state index in [0.29, 0.717) is 6.04 Å². The van der Waals surface area contributed by atoms with Crippen molar-refractivity contribution in [2.24, 2.45) is 0 Å². The van der Waals surface area contributed by atoms with Crippen molar-refractivity contribution < 1.29 is 4.79 Å². The molecule has 1 aromatic rings. The van der Waals surface area contributed by atoms with Crippen molar-refractivity contribution in [1.29, 1.82) is 0 Å². The van der Waals surface area contributed by atoms with Crippen LogP contribution in [0, 0.1) is 6.92 Å². The molecule has 1 N–H and O–H groups in total. The van der Waals surface area contributed by atoms with Gasteiger partial charge in [-0.15, -0.1) is 0 Å². The second-order valence-corrected chi connectivity index (χ2v) is 4.40. The Labute approximate surface area is 87.7 Å². The van der Waals surface area contributed by atoms with E-state index in [4.69, 9.17) is 0 Å². The number of aromatic nitrogens is 1. The van der Waals surface area contributed by atoms with Crippen LogP contribution in [-0.2, 0) is 0 Å². The van der Waals surface area contributed by atoms with E-state index in [2.05, 4.69) is 9.69 Å². The summed E-state index contributed by atoms with van der Waals surface area (Å²) in [7, 11) is 0. The van der Waals surface area contributed by atoms with E-state index in [9.17, 15) is 4.79 Å². The van der Waals surface area contributed by atoms with Crippen molar-refractivity contribution in [3.63, 3.8) is 0 Å². The van der Waals surface area contributed by atoms with E-state index in [1.165, 1.54) is 24.4 Å². The fraction of sp³-hybridized carbons (Fsp3) is 0.600. The first-order valence-electron chi connectivity index (χ1n) is 4.99. The van der Waals surface area contributed by atoms with E-state index in [1.54, 1.807) is 0 Å². The zero-order chi connectivity index (χ0) is 9.97. The van der Waals surface area contributed by atoms with Crippen LogP contribution >= 0.6 is 11.5 Å². The highest BCUT2D eigenvalue weighted by Gasteiger charge is 2.19. The molecule has 2 rings (SSSR count). The average Bonchev–Trinajstić information content (AvgIpc) is 2.75. The number of nitrogens with zero attached hydrogens (tertiary/aromatic N) is 1. The molecule has 1 aliphatic rings. The molecule has 0 bridgehead atoms. The third-order valence-electron chi connectivity index (χ3n) is 2.68. The zero-order valence-electron chi connectivity index (χ0n) is 8.25. The molecule has 0 saturated heterocycles. The molecule has 0 spiro atoms. The molecule has 0 unspecified atom stereocenters. The third kappa shape index (κ3) is 1.95. The first kappa shape index (κ1) is 9.65. The normalized spacial score (nSPS) is 17.2. The number of carbonyl (C=O) groups is 1. The molecule has 1 aliphatic carbocycles. The lowest BCUT2D eigenvalue weighted by atomic mass is 10.2. The first-order valence-corrected chi connectivity index (χ1v) is 5.83. The topological polar surface area (TPSA) is 42.0 Å². The van der Waals surface area contributed by atoms with Gasteiger partial charge in [-0.05, 0) is 31.3 Å². The molecular formula is C10H14N2OS. The van der Waals surface area contributed by atoms with E-state index in [0.717, 1.165) is 24.1 Å². The van der Waals surface area contributed by atoms with E-state index < -0.39 is 0 Å². The number of hydrogen-bond acceptors (Lipinski definition) is 3. The van der Waals surface area contributed by atoms with Crippen molar-refractivity contribution in [1.82, 2.24) is 9.69 Å². The molecule has 14 heavy (non-hydrogen) atoms. The maximum atomic E-state index is 11.7. The second-order valence-electron chi connectivity index (χ2n) is 3.77. The van der Waals surface area contributed by atoms with Crippen LogP contribution in [0.1, 0.15) is 41.7 Å². The van der Waals surface area contributed by atoms with Gasteiger partial charge in [0.05, 0.1) is 11.3 Å². The molecular weight excluding hydrogens is 196 g/mol. The highest BCUT2D eigenvalue weighted by Crippen LogP contribution is 2.18. The predicted molar refractivity (Wildman–Crippen MR) is 56.6 cm³/mol. The highest BCUT2D eigenvalue weighted by molar-refractivity contribution is 7.03. The summed E-state index contributed by atoms with van der Waals surface area (Å²) in [4.78, 5) is 11.7. The Morgan fingerprint density at radius 2 is 2.29 bits per heavy atom. The molecule has 1 saturated carbocycles. The van der Waals surface area contributed by atoms with Crippen LogP contribution in [0.4, 0.5) is 0 Å². The summed E-state index contributed by atoms with van der Waals surface area (Å²) in [6, 6.07) is 0.391. The maximum Gasteiger partial charge on any atom is 0.254 e. The quantitative estimate of drug-likeness (QED) is 0.812. The summed E-state index contributed by atoms with van der Waals surface area (Å²) in [6.07, 6.45) is 4.74. The number of nitrogens with one attached hydrogen (secondary N) is 1. The lowest BCUT2D eigenvalue weighted by Crippen LogP contribution is -2.32. The minimum absolute atomic E-state index is 0.0446. The van der Waals surface area contributed by atoms with Gasteiger partial charge in [-0.3, -0.25) is 4.79 Å².